The summed E-state index contributed by atoms with van der Waals surface area (Å²) in [5.74, 6) is -1.65. The Morgan fingerprint density at radius 1 is 1.52 bits per heavy atom. The molecular formula is C13H13N3O4S. The lowest BCUT2D eigenvalue weighted by Crippen LogP contribution is -2.46. The number of carbonyl (C=O) groups is 2. The van der Waals surface area contributed by atoms with Gasteiger partial charge < -0.3 is 10.0 Å². The van der Waals surface area contributed by atoms with Gasteiger partial charge in [0, 0.05) is 23.8 Å². The van der Waals surface area contributed by atoms with E-state index in [1.807, 2.05) is 0 Å². The minimum Gasteiger partial charge on any atom is -0.480 e. The van der Waals surface area contributed by atoms with Gasteiger partial charge in [-0.3, -0.25) is 14.0 Å². The van der Waals surface area contributed by atoms with E-state index in [0.29, 0.717) is 4.96 Å². The lowest BCUT2D eigenvalue weighted by Gasteiger charge is -2.26. The Bertz CT molecular complexity index is 777. The minimum atomic E-state index is -1.08. The molecule has 0 saturated heterocycles. The Kier molecular flexibility index (Phi) is 3.25. The van der Waals surface area contributed by atoms with Crippen molar-refractivity contribution in [3.05, 3.63) is 33.7 Å². The van der Waals surface area contributed by atoms with Crippen molar-refractivity contribution in [2.45, 2.75) is 31.8 Å². The van der Waals surface area contributed by atoms with Gasteiger partial charge in [-0.15, -0.1) is 11.3 Å². The first-order valence-electron chi connectivity index (χ1n) is 6.51. The van der Waals surface area contributed by atoms with Crippen LogP contribution >= 0.6 is 11.3 Å². The molecule has 110 valence electrons. The van der Waals surface area contributed by atoms with Gasteiger partial charge in [0.1, 0.15) is 11.6 Å². The van der Waals surface area contributed by atoms with E-state index in [2.05, 4.69) is 4.98 Å². The van der Waals surface area contributed by atoms with Crippen LogP contribution in [0.25, 0.3) is 4.96 Å². The Morgan fingerprint density at radius 3 is 2.86 bits per heavy atom. The number of fused-ring (bicyclic) bond motifs is 1. The third-order valence-corrected chi connectivity index (χ3v) is 4.29. The number of aliphatic carboxylic acids is 1. The van der Waals surface area contributed by atoms with Crippen molar-refractivity contribution in [3.63, 3.8) is 0 Å². The number of nitrogens with zero attached hydrogens (tertiary/aromatic N) is 3. The zero-order chi connectivity index (χ0) is 15.1. The summed E-state index contributed by atoms with van der Waals surface area (Å²) < 4.78 is 1.30. The Balaban J connectivity index is 2.03. The normalized spacial score (nSPS) is 15.9. The molecule has 0 bridgehead atoms. The first-order valence-corrected chi connectivity index (χ1v) is 7.39. The first-order chi connectivity index (χ1) is 10.0. The van der Waals surface area contributed by atoms with E-state index < -0.39 is 23.5 Å². The predicted octanol–water partition coefficient (Wildman–Crippen LogP) is 0.834. The molecule has 1 aliphatic carbocycles. The number of rotatable bonds is 4. The number of carboxylic acid groups (broad SMARTS) is 1. The van der Waals surface area contributed by atoms with Crippen LogP contribution < -0.4 is 5.56 Å². The van der Waals surface area contributed by atoms with Crippen LogP contribution in [0.4, 0.5) is 0 Å². The molecule has 8 heteroatoms. The molecule has 0 aromatic carbocycles. The van der Waals surface area contributed by atoms with Gasteiger partial charge in [-0.25, -0.2) is 9.78 Å². The molecule has 2 heterocycles. The van der Waals surface area contributed by atoms with E-state index in [0.717, 1.165) is 12.8 Å². The number of carbonyl (C=O) groups excluding carboxylic acids is 1. The summed E-state index contributed by atoms with van der Waals surface area (Å²) in [5, 5.41) is 10.8. The van der Waals surface area contributed by atoms with Crippen LogP contribution in [0.3, 0.4) is 0 Å². The molecule has 2 aromatic rings. The van der Waals surface area contributed by atoms with Crippen molar-refractivity contribution >= 4 is 28.2 Å². The second-order valence-electron chi connectivity index (χ2n) is 4.99. The topological polar surface area (TPSA) is 92.0 Å². The largest absolute Gasteiger partial charge is 0.480 e. The summed E-state index contributed by atoms with van der Waals surface area (Å²) in [7, 11) is 0. The van der Waals surface area contributed by atoms with Crippen molar-refractivity contribution in [1.29, 1.82) is 0 Å². The highest BCUT2D eigenvalue weighted by Gasteiger charge is 2.39. The summed E-state index contributed by atoms with van der Waals surface area (Å²) in [5.41, 5.74) is -0.555. The molecule has 1 N–H and O–H groups in total. The fourth-order valence-corrected chi connectivity index (χ4v) is 2.92. The predicted molar refractivity (Wildman–Crippen MR) is 75.6 cm³/mol. The molecular weight excluding hydrogens is 294 g/mol. The van der Waals surface area contributed by atoms with Gasteiger partial charge in [-0.05, 0) is 19.8 Å². The van der Waals surface area contributed by atoms with Gasteiger partial charge in [0.15, 0.2) is 4.96 Å². The summed E-state index contributed by atoms with van der Waals surface area (Å²) in [6.07, 6.45) is 4.31. The fraction of sp³-hybridized carbons (Fsp3) is 0.385. The van der Waals surface area contributed by atoms with E-state index in [-0.39, 0.29) is 11.6 Å². The molecule has 1 saturated carbocycles. The second-order valence-corrected chi connectivity index (χ2v) is 5.86. The highest BCUT2D eigenvalue weighted by molar-refractivity contribution is 7.15. The molecule has 2 aromatic heterocycles. The van der Waals surface area contributed by atoms with Crippen LogP contribution in [0, 0.1) is 0 Å². The van der Waals surface area contributed by atoms with Gasteiger partial charge in [0.2, 0.25) is 0 Å². The molecule has 3 rings (SSSR count). The average molecular weight is 307 g/mol. The van der Waals surface area contributed by atoms with Crippen molar-refractivity contribution in [2.24, 2.45) is 0 Å². The lowest BCUT2D eigenvalue weighted by atomic mass is 10.2. The number of carboxylic acids is 1. The maximum absolute atomic E-state index is 12.6. The molecule has 1 amide bonds. The van der Waals surface area contributed by atoms with Gasteiger partial charge in [-0.2, -0.15) is 0 Å². The zero-order valence-corrected chi connectivity index (χ0v) is 12.0. The number of hydrogen-bond acceptors (Lipinski definition) is 5. The Hall–Kier alpha value is -2.22. The quantitative estimate of drug-likeness (QED) is 0.903. The SMILES string of the molecule is CC(C(=O)O)N(C(=O)c1cnc2sccn2c1=O)C1CC1. The second kappa shape index (κ2) is 4.96. The summed E-state index contributed by atoms with van der Waals surface area (Å²) in [4.78, 5) is 41.9. The first kappa shape index (κ1) is 13.7. The molecule has 0 spiro atoms. The summed E-state index contributed by atoms with van der Waals surface area (Å²) >= 11 is 1.29. The lowest BCUT2D eigenvalue weighted by molar-refractivity contribution is -0.141. The van der Waals surface area contributed by atoms with Crippen LogP contribution in [0.1, 0.15) is 30.1 Å². The third kappa shape index (κ3) is 2.31. The number of amides is 1. The Morgan fingerprint density at radius 2 is 2.24 bits per heavy atom. The van der Waals surface area contributed by atoms with Crippen LogP contribution in [-0.2, 0) is 4.79 Å². The Labute approximate surface area is 123 Å². The van der Waals surface area contributed by atoms with Gasteiger partial charge in [0.05, 0.1) is 0 Å². The fourth-order valence-electron chi connectivity index (χ4n) is 2.24. The van der Waals surface area contributed by atoms with E-state index in [9.17, 15) is 14.4 Å². The monoisotopic (exact) mass is 307 g/mol. The van der Waals surface area contributed by atoms with Crippen LogP contribution in [0.5, 0.6) is 0 Å². The van der Waals surface area contributed by atoms with E-state index in [1.165, 1.54) is 33.8 Å². The zero-order valence-electron chi connectivity index (χ0n) is 11.2. The van der Waals surface area contributed by atoms with Crippen molar-refractivity contribution < 1.29 is 14.7 Å². The summed E-state index contributed by atoms with van der Waals surface area (Å²) in [6.45, 7) is 1.45. The van der Waals surface area contributed by atoms with Crippen molar-refractivity contribution in [3.8, 4) is 0 Å². The van der Waals surface area contributed by atoms with E-state index >= 15 is 0 Å². The molecule has 1 aliphatic rings. The average Bonchev–Trinajstić information content (AvgIpc) is 3.15. The van der Waals surface area contributed by atoms with Crippen molar-refractivity contribution in [1.82, 2.24) is 14.3 Å². The molecule has 1 atom stereocenters. The van der Waals surface area contributed by atoms with Crippen LogP contribution in [-0.4, -0.2) is 43.4 Å². The number of aromatic nitrogens is 2. The third-order valence-electron chi connectivity index (χ3n) is 3.52. The highest BCUT2D eigenvalue weighted by Crippen LogP contribution is 2.29. The van der Waals surface area contributed by atoms with E-state index in [4.69, 9.17) is 5.11 Å². The van der Waals surface area contributed by atoms with Gasteiger partial charge >= 0.3 is 5.97 Å². The van der Waals surface area contributed by atoms with Gasteiger partial charge in [-0.1, -0.05) is 0 Å². The molecule has 1 fully saturated rings. The number of hydrogen-bond donors (Lipinski definition) is 1. The van der Waals surface area contributed by atoms with Crippen LogP contribution in [0.2, 0.25) is 0 Å². The smallest absolute Gasteiger partial charge is 0.326 e. The molecule has 7 nitrogen and oxygen atoms in total. The maximum Gasteiger partial charge on any atom is 0.326 e. The summed E-state index contributed by atoms with van der Waals surface area (Å²) in [6, 6.07) is -1.07. The van der Waals surface area contributed by atoms with Crippen molar-refractivity contribution in [2.75, 3.05) is 0 Å². The molecule has 0 aliphatic heterocycles. The minimum absolute atomic E-state index is 0.0918. The van der Waals surface area contributed by atoms with E-state index in [1.54, 1.807) is 11.6 Å². The highest BCUT2D eigenvalue weighted by atomic mass is 32.1. The molecule has 0 radical (unpaired) electrons. The molecule has 21 heavy (non-hydrogen) atoms. The maximum atomic E-state index is 12.6. The standard InChI is InChI=1S/C13H13N3O4S/c1-7(12(19)20)16(8-2-3-8)11(18)9-6-14-13-15(10(9)17)4-5-21-13/h4-8H,2-3H2,1H3,(H,19,20). The van der Waals surface area contributed by atoms with Gasteiger partial charge in [0.25, 0.3) is 11.5 Å². The molecule has 1 unspecified atom stereocenters. The van der Waals surface area contributed by atoms with Crippen LogP contribution in [0.15, 0.2) is 22.6 Å². The number of thiazole rings is 1.